The molecular formula is C11H18N4O2. The largest absolute Gasteiger partial charge is 0.376 e. The summed E-state index contributed by atoms with van der Waals surface area (Å²) >= 11 is 0. The topological polar surface area (TPSA) is 71.1 Å². The second-order valence-electron chi connectivity index (χ2n) is 4.22. The maximum atomic E-state index is 12.1. The fraction of sp³-hybridized carbons (Fsp3) is 0.727. The molecule has 1 aliphatic rings. The first kappa shape index (κ1) is 12.0. The van der Waals surface area contributed by atoms with Gasteiger partial charge in [-0.1, -0.05) is 0 Å². The van der Waals surface area contributed by atoms with Crippen molar-refractivity contribution in [2.24, 2.45) is 0 Å². The van der Waals surface area contributed by atoms with Gasteiger partial charge in [0.05, 0.1) is 6.10 Å². The molecule has 1 amide bonds. The monoisotopic (exact) mass is 238 g/mol. The second kappa shape index (κ2) is 5.27. The van der Waals surface area contributed by atoms with Crippen molar-refractivity contribution in [1.29, 1.82) is 0 Å². The Labute approximate surface area is 100 Å². The van der Waals surface area contributed by atoms with E-state index in [1.54, 1.807) is 11.8 Å². The molecule has 2 rings (SSSR count). The van der Waals surface area contributed by atoms with Crippen LogP contribution in [0.4, 0.5) is 0 Å². The number of carbonyl (C=O) groups excluding carboxylic acids is 1. The Hall–Kier alpha value is -1.43. The van der Waals surface area contributed by atoms with Crippen molar-refractivity contribution >= 4 is 5.91 Å². The molecule has 17 heavy (non-hydrogen) atoms. The van der Waals surface area contributed by atoms with Crippen LogP contribution < -0.4 is 0 Å². The van der Waals surface area contributed by atoms with Crippen LogP contribution in [0.3, 0.4) is 0 Å². The molecule has 1 unspecified atom stereocenters. The highest BCUT2D eigenvalue weighted by Crippen LogP contribution is 2.14. The van der Waals surface area contributed by atoms with Gasteiger partial charge < -0.3 is 9.64 Å². The minimum Gasteiger partial charge on any atom is -0.376 e. The van der Waals surface area contributed by atoms with E-state index in [2.05, 4.69) is 15.2 Å². The maximum Gasteiger partial charge on any atom is 0.293 e. The normalized spacial score (nSPS) is 19.5. The van der Waals surface area contributed by atoms with Crippen LogP contribution in [0.25, 0.3) is 0 Å². The van der Waals surface area contributed by atoms with Gasteiger partial charge in [-0.05, 0) is 26.7 Å². The molecule has 6 nitrogen and oxygen atoms in total. The van der Waals surface area contributed by atoms with E-state index in [0.29, 0.717) is 18.9 Å². The van der Waals surface area contributed by atoms with Crippen molar-refractivity contribution in [3.63, 3.8) is 0 Å². The van der Waals surface area contributed by atoms with Crippen LogP contribution in [0.1, 0.15) is 36.2 Å². The fourth-order valence-electron chi connectivity index (χ4n) is 1.97. The minimum absolute atomic E-state index is 0.132. The van der Waals surface area contributed by atoms with Gasteiger partial charge in [0.15, 0.2) is 0 Å². The molecule has 1 saturated heterocycles. The summed E-state index contributed by atoms with van der Waals surface area (Å²) in [4.78, 5) is 17.9. The molecule has 2 heterocycles. The van der Waals surface area contributed by atoms with Gasteiger partial charge in [-0.2, -0.15) is 0 Å². The molecule has 0 radical (unpaired) electrons. The van der Waals surface area contributed by atoms with Crippen LogP contribution in [0.2, 0.25) is 0 Å². The van der Waals surface area contributed by atoms with E-state index in [0.717, 1.165) is 19.4 Å². The lowest BCUT2D eigenvalue weighted by atomic mass is 10.2. The molecule has 0 spiro atoms. The number of nitrogens with one attached hydrogen (secondary N) is 1. The molecule has 1 aromatic heterocycles. The van der Waals surface area contributed by atoms with Gasteiger partial charge in [0.2, 0.25) is 5.82 Å². The Morgan fingerprint density at radius 1 is 1.65 bits per heavy atom. The van der Waals surface area contributed by atoms with Gasteiger partial charge in [-0.15, -0.1) is 5.10 Å². The van der Waals surface area contributed by atoms with E-state index in [9.17, 15) is 4.79 Å². The number of hydrogen-bond acceptors (Lipinski definition) is 4. The summed E-state index contributed by atoms with van der Waals surface area (Å²) in [6.07, 6.45) is 2.27. The molecule has 94 valence electrons. The zero-order valence-corrected chi connectivity index (χ0v) is 10.3. The van der Waals surface area contributed by atoms with E-state index in [1.807, 2.05) is 6.92 Å². The van der Waals surface area contributed by atoms with Crippen LogP contribution in [0.15, 0.2) is 0 Å². The number of likely N-dealkylation sites (N-methyl/N-ethyl adjacent to an activating group) is 1. The van der Waals surface area contributed by atoms with Crippen LogP contribution in [0, 0.1) is 6.92 Å². The number of aromatic nitrogens is 3. The third-order valence-electron chi connectivity index (χ3n) is 2.91. The number of hydrogen-bond donors (Lipinski definition) is 1. The molecule has 0 saturated carbocycles. The second-order valence-corrected chi connectivity index (χ2v) is 4.22. The summed E-state index contributed by atoms with van der Waals surface area (Å²) < 4.78 is 5.53. The van der Waals surface area contributed by atoms with Crippen molar-refractivity contribution < 1.29 is 9.53 Å². The summed E-state index contributed by atoms with van der Waals surface area (Å²) in [6.45, 7) is 5.80. The van der Waals surface area contributed by atoms with Gasteiger partial charge >= 0.3 is 0 Å². The number of rotatable bonds is 4. The zero-order valence-electron chi connectivity index (χ0n) is 10.3. The Morgan fingerprint density at radius 2 is 2.47 bits per heavy atom. The van der Waals surface area contributed by atoms with Crippen molar-refractivity contribution in [2.45, 2.75) is 32.8 Å². The number of amides is 1. The third-order valence-corrected chi connectivity index (χ3v) is 2.91. The van der Waals surface area contributed by atoms with Crippen LogP contribution in [-0.2, 0) is 4.74 Å². The number of aromatic amines is 1. The van der Waals surface area contributed by atoms with E-state index in [-0.39, 0.29) is 17.8 Å². The number of nitrogens with zero attached hydrogens (tertiary/aromatic N) is 3. The Balaban J connectivity index is 1.99. The molecule has 1 atom stereocenters. The van der Waals surface area contributed by atoms with Crippen LogP contribution in [-0.4, -0.2) is 51.8 Å². The van der Waals surface area contributed by atoms with Crippen LogP contribution in [0.5, 0.6) is 0 Å². The van der Waals surface area contributed by atoms with E-state index in [4.69, 9.17) is 4.74 Å². The lowest BCUT2D eigenvalue weighted by Crippen LogP contribution is -2.37. The van der Waals surface area contributed by atoms with Crippen LogP contribution >= 0.6 is 0 Å². The highest BCUT2D eigenvalue weighted by molar-refractivity contribution is 5.90. The maximum absolute atomic E-state index is 12.1. The van der Waals surface area contributed by atoms with Gasteiger partial charge in [0.1, 0.15) is 5.82 Å². The van der Waals surface area contributed by atoms with E-state index >= 15 is 0 Å². The molecule has 1 fully saturated rings. The standard InChI is InChI=1S/C11H18N4O2/c1-3-15(7-9-5-4-6-17-9)11(16)10-12-8(2)13-14-10/h9H,3-7H2,1-2H3,(H,12,13,14). The molecule has 0 aliphatic carbocycles. The molecule has 1 aliphatic heterocycles. The Bertz CT molecular complexity index is 385. The summed E-state index contributed by atoms with van der Waals surface area (Å²) in [6, 6.07) is 0. The van der Waals surface area contributed by atoms with Gasteiger partial charge in [-0.25, -0.2) is 4.98 Å². The molecule has 1 N–H and O–H groups in total. The molecule has 6 heteroatoms. The predicted molar refractivity (Wildman–Crippen MR) is 61.7 cm³/mol. The first-order valence-electron chi connectivity index (χ1n) is 6.00. The molecular weight excluding hydrogens is 220 g/mol. The predicted octanol–water partition coefficient (Wildman–Crippen LogP) is 0.754. The molecule has 0 aromatic carbocycles. The molecule has 0 bridgehead atoms. The zero-order chi connectivity index (χ0) is 12.3. The Morgan fingerprint density at radius 3 is 3.00 bits per heavy atom. The first-order chi connectivity index (χ1) is 8.20. The summed E-state index contributed by atoms with van der Waals surface area (Å²) in [5, 5.41) is 6.57. The smallest absolute Gasteiger partial charge is 0.293 e. The first-order valence-corrected chi connectivity index (χ1v) is 6.00. The summed E-state index contributed by atoms with van der Waals surface area (Å²) in [5.41, 5.74) is 0. The van der Waals surface area contributed by atoms with Gasteiger partial charge in [0, 0.05) is 19.7 Å². The number of aryl methyl sites for hydroxylation is 1. The van der Waals surface area contributed by atoms with Crippen molar-refractivity contribution in [3.8, 4) is 0 Å². The van der Waals surface area contributed by atoms with Gasteiger partial charge in [-0.3, -0.25) is 9.89 Å². The van der Waals surface area contributed by atoms with Gasteiger partial charge in [0.25, 0.3) is 5.91 Å². The number of ether oxygens (including phenoxy) is 1. The SMILES string of the molecule is CCN(CC1CCCO1)C(=O)c1n[nH]c(C)n1. The highest BCUT2D eigenvalue weighted by Gasteiger charge is 2.24. The minimum atomic E-state index is -0.132. The molecule has 1 aromatic rings. The average molecular weight is 238 g/mol. The van der Waals surface area contributed by atoms with Crippen molar-refractivity contribution in [3.05, 3.63) is 11.6 Å². The third kappa shape index (κ3) is 2.82. The summed E-state index contributed by atoms with van der Waals surface area (Å²) in [7, 11) is 0. The lowest BCUT2D eigenvalue weighted by molar-refractivity contribution is 0.0530. The number of H-pyrrole nitrogens is 1. The van der Waals surface area contributed by atoms with Crippen molar-refractivity contribution in [2.75, 3.05) is 19.7 Å². The quantitative estimate of drug-likeness (QED) is 0.840. The highest BCUT2D eigenvalue weighted by atomic mass is 16.5. The summed E-state index contributed by atoms with van der Waals surface area (Å²) in [5.74, 6) is 0.760. The van der Waals surface area contributed by atoms with E-state index < -0.39 is 0 Å². The average Bonchev–Trinajstić information content (AvgIpc) is 2.96. The van der Waals surface area contributed by atoms with Crippen molar-refractivity contribution in [1.82, 2.24) is 20.1 Å². The fourth-order valence-corrected chi connectivity index (χ4v) is 1.97. The van der Waals surface area contributed by atoms with E-state index in [1.165, 1.54) is 0 Å². The number of carbonyl (C=O) groups is 1. The lowest BCUT2D eigenvalue weighted by Gasteiger charge is -2.22. The Kier molecular flexibility index (Phi) is 3.73.